The van der Waals surface area contributed by atoms with Crippen LogP contribution in [0.25, 0.3) is 10.6 Å². The molecule has 0 fully saturated rings. The maximum absolute atomic E-state index is 12.2. The van der Waals surface area contributed by atoms with Crippen LogP contribution in [-0.2, 0) is 11.2 Å². The van der Waals surface area contributed by atoms with Crippen LogP contribution in [0.3, 0.4) is 0 Å². The predicted molar refractivity (Wildman–Crippen MR) is 90.2 cm³/mol. The molecule has 0 unspecified atom stereocenters. The van der Waals surface area contributed by atoms with E-state index in [1.54, 1.807) is 12.4 Å². The van der Waals surface area contributed by atoms with Gasteiger partial charge in [-0.2, -0.15) is 13.2 Å². The molecule has 25 heavy (non-hydrogen) atoms. The van der Waals surface area contributed by atoms with Crippen molar-refractivity contribution in [3.8, 4) is 10.6 Å². The molecule has 0 aromatic carbocycles. The number of nitrogens with zero attached hydrogens (tertiary/aromatic N) is 3. The lowest BCUT2D eigenvalue weighted by Crippen LogP contribution is -2.34. The summed E-state index contributed by atoms with van der Waals surface area (Å²) in [5.74, 6) is -0.193. The summed E-state index contributed by atoms with van der Waals surface area (Å²) in [6.07, 6.45) is -0.211. The van der Waals surface area contributed by atoms with E-state index in [1.165, 1.54) is 23.3 Å². The second-order valence-electron chi connectivity index (χ2n) is 5.62. The highest BCUT2D eigenvalue weighted by Gasteiger charge is 2.28. The third kappa shape index (κ3) is 7.18. The Kier molecular flexibility index (Phi) is 6.89. The number of carbonyl (C=O) groups is 1. The SMILES string of the molecule is CN(CCCNC(=O)Cc1csc(-c2cccnc2)n1)CC(F)(F)F. The Hall–Kier alpha value is -2.00. The zero-order valence-corrected chi connectivity index (χ0v) is 14.5. The van der Waals surface area contributed by atoms with Crippen molar-refractivity contribution in [3.05, 3.63) is 35.6 Å². The fraction of sp³-hybridized carbons (Fsp3) is 0.438. The Morgan fingerprint density at radius 1 is 1.40 bits per heavy atom. The van der Waals surface area contributed by atoms with E-state index in [4.69, 9.17) is 0 Å². The smallest absolute Gasteiger partial charge is 0.356 e. The van der Waals surface area contributed by atoms with Gasteiger partial charge in [-0.15, -0.1) is 11.3 Å². The number of thiazole rings is 1. The van der Waals surface area contributed by atoms with E-state index < -0.39 is 12.7 Å². The largest absolute Gasteiger partial charge is 0.401 e. The molecule has 0 saturated carbocycles. The molecule has 2 aromatic rings. The minimum Gasteiger partial charge on any atom is -0.356 e. The molecule has 136 valence electrons. The lowest BCUT2D eigenvalue weighted by atomic mass is 10.3. The van der Waals surface area contributed by atoms with Gasteiger partial charge in [0.1, 0.15) is 5.01 Å². The van der Waals surface area contributed by atoms with Gasteiger partial charge in [0, 0.05) is 29.9 Å². The molecular weight excluding hydrogens is 353 g/mol. The third-order valence-corrected chi connectivity index (χ3v) is 4.23. The highest BCUT2D eigenvalue weighted by atomic mass is 32.1. The van der Waals surface area contributed by atoms with Crippen LogP contribution in [-0.4, -0.2) is 53.6 Å². The van der Waals surface area contributed by atoms with Crippen molar-refractivity contribution in [2.75, 3.05) is 26.7 Å². The lowest BCUT2D eigenvalue weighted by Gasteiger charge is -2.18. The molecule has 0 radical (unpaired) electrons. The van der Waals surface area contributed by atoms with Crippen molar-refractivity contribution in [2.45, 2.75) is 19.0 Å². The van der Waals surface area contributed by atoms with E-state index in [0.717, 1.165) is 10.6 Å². The van der Waals surface area contributed by atoms with Gasteiger partial charge >= 0.3 is 6.18 Å². The summed E-state index contributed by atoms with van der Waals surface area (Å²) >= 11 is 1.44. The molecule has 0 aliphatic rings. The number of amides is 1. The number of hydrogen-bond donors (Lipinski definition) is 1. The Morgan fingerprint density at radius 3 is 2.88 bits per heavy atom. The summed E-state index contributed by atoms with van der Waals surface area (Å²) in [5.41, 5.74) is 1.56. The molecule has 2 heterocycles. The number of rotatable bonds is 8. The number of alkyl halides is 3. The standard InChI is InChI=1S/C16H19F3N4OS/c1-23(11-16(17,18)19)7-3-6-21-14(24)8-13-10-25-15(22-13)12-4-2-5-20-9-12/h2,4-5,9-10H,3,6-8,11H2,1H3,(H,21,24). The van der Waals surface area contributed by atoms with Gasteiger partial charge in [0.2, 0.25) is 5.91 Å². The maximum Gasteiger partial charge on any atom is 0.401 e. The molecule has 9 heteroatoms. The minimum atomic E-state index is -4.20. The van der Waals surface area contributed by atoms with Gasteiger partial charge in [0.05, 0.1) is 18.7 Å². The molecule has 1 amide bonds. The quantitative estimate of drug-likeness (QED) is 0.724. The minimum absolute atomic E-state index is 0.148. The van der Waals surface area contributed by atoms with Gasteiger partial charge < -0.3 is 5.32 Å². The van der Waals surface area contributed by atoms with Crippen LogP contribution in [0.4, 0.5) is 13.2 Å². The van der Waals surface area contributed by atoms with Crippen LogP contribution >= 0.6 is 11.3 Å². The van der Waals surface area contributed by atoms with Crippen molar-refractivity contribution in [1.29, 1.82) is 0 Å². The summed E-state index contributed by atoms with van der Waals surface area (Å²) in [7, 11) is 1.41. The van der Waals surface area contributed by atoms with E-state index in [-0.39, 0.29) is 18.9 Å². The molecule has 5 nitrogen and oxygen atoms in total. The van der Waals surface area contributed by atoms with Crippen molar-refractivity contribution in [2.24, 2.45) is 0 Å². The number of halogens is 3. The Morgan fingerprint density at radius 2 is 2.20 bits per heavy atom. The van der Waals surface area contributed by atoms with Crippen LogP contribution in [0, 0.1) is 0 Å². The number of carbonyl (C=O) groups excluding carboxylic acids is 1. The molecule has 2 rings (SSSR count). The van der Waals surface area contributed by atoms with Crippen molar-refractivity contribution in [3.63, 3.8) is 0 Å². The molecule has 1 N–H and O–H groups in total. The number of hydrogen-bond acceptors (Lipinski definition) is 5. The van der Waals surface area contributed by atoms with E-state index in [2.05, 4.69) is 15.3 Å². The lowest BCUT2D eigenvalue weighted by molar-refractivity contribution is -0.143. The van der Waals surface area contributed by atoms with Gasteiger partial charge in [-0.25, -0.2) is 4.98 Å². The van der Waals surface area contributed by atoms with Crippen LogP contribution < -0.4 is 5.32 Å². The van der Waals surface area contributed by atoms with Crippen LogP contribution in [0.5, 0.6) is 0 Å². The zero-order chi connectivity index (χ0) is 18.3. The summed E-state index contributed by atoms with van der Waals surface area (Å²) < 4.78 is 36.6. The van der Waals surface area contributed by atoms with E-state index in [1.807, 2.05) is 17.5 Å². The molecule has 0 atom stereocenters. The monoisotopic (exact) mass is 372 g/mol. The predicted octanol–water partition coefficient (Wildman–Crippen LogP) is 2.75. The van der Waals surface area contributed by atoms with Crippen molar-refractivity contribution in [1.82, 2.24) is 20.2 Å². The first-order valence-electron chi connectivity index (χ1n) is 7.70. The normalized spacial score (nSPS) is 11.7. The van der Waals surface area contributed by atoms with Gasteiger partial charge in [-0.05, 0) is 32.1 Å². The van der Waals surface area contributed by atoms with Gasteiger partial charge in [-0.3, -0.25) is 14.7 Å². The summed E-state index contributed by atoms with van der Waals surface area (Å²) in [5, 5.41) is 5.32. The Labute approximate surface area is 147 Å². The highest BCUT2D eigenvalue weighted by Crippen LogP contribution is 2.22. The number of pyridine rings is 1. The Bertz CT molecular complexity index is 676. The molecule has 0 bridgehead atoms. The molecule has 0 aliphatic heterocycles. The molecule has 0 spiro atoms. The molecule has 0 saturated heterocycles. The second kappa shape index (κ2) is 8.91. The van der Waals surface area contributed by atoms with Crippen molar-refractivity contribution >= 4 is 17.2 Å². The topological polar surface area (TPSA) is 58.1 Å². The average molecular weight is 372 g/mol. The summed E-state index contributed by atoms with van der Waals surface area (Å²) in [6, 6.07) is 3.71. The van der Waals surface area contributed by atoms with E-state index in [0.29, 0.717) is 18.7 Å². The van der Waals surface area contributed by atoms with Gasteiger partial charge in [0.25, 0.3) is 0 Å². The average Bonchev–Trinajstić information content (AvgIpc) is 2.99. The first-order valence-corrected chi connectivity index (χ1v) is 8.58. The second-order valence-corrected chi connectivity index (χ2v) is 6.48. The van der Waals surface area contributed by atoms with Gasteiger partial charge in [0.15, 0.2) is 0 Å². The van der Waals surface area contributed by atoms with Gasteiger partial charge in [-0.1, -0.05) is 0 Å². The summed E-state index contributed by atoms with van der Waals surface area (Å²) in [6.45, 7) is -0.348. The third-order valence-electron chi connectivity index (χ3n) is 3.29. The number of aromatic nitrogens is 2. The number of nitrogens with one attached hydrogen (secondary N) is 1. The molecule has 0 aliphatic carbocycles. The summed E-state index contributed by atoms with van der Waals surface area (Å²) in [4.78, 5) is 21.5. The van der Waals surface area contributed by atoms with Crippen molar-refractivity contribution < 1.29 is 18.0 Å². The van der Waals surface area contributed by atoms with Crippen LogP contribution in [0.1, 0.15) is 12.1 Å². The van der Waals surface area contributed by atoms with E-state index in [9.17, 15) is 18.0 Å². The van der Waals surface area contributed by atoms with Crippen LogP contribution in [0.15, 0.2) is 29.9 Å². The fourth-order valence-corrected chi connectivity index (χ4v) is 3.01. The maximum atomic E-state index is 12.2. The molecular formula is C16H19F3N4OS. The fourth-order valence-electron chi connectivity index (χ4n) is 2.20. The van der Waals surface area contributed by atoms with E-state index >= 15 is 0 Å². The highest BCUT2D eigenvalue weighted by molar-refractivity contribution is 7.13. The van der Waals surface area contributed by atoms with Crippen LogP contribution in [0.2, 0.25) is 0 Å². The first-order chi connectivity index (χ1) is 11.8. The zero-order valence-electron chi connectivity index (χ0n) is 13.7. The molecule has 2 aromatic heterocycles. The Balaban J connectivity index is 1.70. The first kappa shape index (κ1) is 19.3.